The Morgan fingerprint density at radius 1 is 0.816 bits per heavy atom. The van der Waals surface area contributed by atoms with Crippen LogP contribution in [0.25, 0.3) is 10.9 Å². The molecule has 0 spiro atoms. The van der Waals surface area contributed by atoms with Crippen LogP contribution in [0.15, 0.2) is 72.9 Å². The van der Waals surface area contributed by atoms with E-state index in [4.69, 9.17) is 23.2 Å². The monoisotopic (exact) mass is 547 g/mol. The molecule has 0 bridgehead atoms. The van der Waals surface area contributed by atoms with Gasteiger partial charge in [0.25, 0.3) is 0 Å². The van der Waals surface area contributed by atoms with Crippen molar-refractivity contribution in [3.05, 3.63) is 94.1 Å². The first-order chi connectivity index (χ1) is 18.5. The summed E-state index contributed by atoms with van der Waals surface area (Å²) < 4.78 is 0. The molecule has 1 aliphatic rings. The van der Waals surface area contributed by atoms with E-state index in [0.29, 0.717) is 24.7 Å². The second kappa shape index (κ2) is 12.6. The molecule has 196 valence electrons. The fraction of sp³-hybridized carbons (Fsp3) is 0.267. The van der Waals surface area contributed by atoms with E-state index >= 15 is 0 Å². The summed E-state index contributed by atoms with van der Waals surface area (Å²) in [5.41, 5.74) is 5.59. The molecule has 0 aliphatic carbocycles. The third-order valence-corrected chi connectivity index (χ3v) is 7.13. The molecule has 1 saturated heterocycles. The smallest absolute Gasteiger partial charge is 0.238 e. The van der Waals surface area contributed by atoms with E-state index < -0.39 is 0 Å². The fourth-order valence-electron chi connectivity index (χ4n) is 4.80. The van der Waals surface area contributed by atoms with Gasteiger partial charge in [-0.25, -0.2) is 0 Å². The average Bonchev–Trinajstić information content (AvgIpc) is 2.90. The zero-order valence-corrected chi connectivity index (χ0v) is 22.7. The standard InChI is InChI=1S/C30H31Cl2N5O/c31-23-6-4-21(5-7-23)18-33-19-22-14-25(35-28-10-11-34-29-16-24(32)8-9-27(28)29)17-26(15-22)36-30(38)20-37-12-2-1-3-13-37/h4-11,14-17,33H,1-3,12-13,18-20H2,(H,34,35)(H,36,38). The summed E-state index contributed by atoms with van der Waals surface area (Å²) in [6.45, 7) is 3.72. The molecule has 0 unspecified atom stereocenters. The van der Waals surface area contributed by atoms with Crippen molar-refractivity contribution in [2.45, 2.75) is 32.4 Å². The van der Waals surface area contributed by atoms with E-state index in [-0.39, 0.29) is 5.91 Å². The average molecular weight is 549 g/mol. The predicted octanol–water partition coefficient (Wildman–Crippen LogP) is 7.00. The molecule has 3 N–H and O–H groups in total. The summed E-state index contributed by atoms with van der Waals surface area (Å²) in [6, 6.07) is 21.5. The number of carbonyl (C=O) groups is 1. The van der Waals surface area contributed by atoms with Gasteiger partial charge in [-0.3, -0.25) is 14.7 Å². The van der Waals surface area contributed by atoms with Gasteiger partial charge in [-0.1, -0.05) is 41.8 Å². The van der Waals surface area contributed by atoms with Gasteiger partial charge in [-0.15, -0.1) is 0 Å². The van der Waals surface area contributed by atoms with Gasteiger partial charge in [0.2, 0.25) is 5.91 Å². The van der Waals surface area contributed by atoms with Crippen LogP contribution in [0, 0.1) is 0 Å². The molecular formula is C30H31Cl2N5O. The van der Waals surface area contributed by atoms with E-state index in [0.717, 1.165) is 70.0 Å². The number of hydrogen-bond acceptors (Lipinski definition) is 5. The normalized spacial score (nSPS) is 13.9. The Kier molecular flexibility index (Phi) is 8.76. The lowest BCUT2D eigenvalue weighted by molar-refractivity contribution is -0.117. The zero-order chi connectivity index (χ0) is 26.3. The molecule has 4 aromatic rings. The number of pyridine rings is 1. The van der Waals surface area contributed by atoms with Crippen LogP contribution in [0.2, 0.25) is 10.0 Å². The van der Waals surface area contributed by atoms with E-state index in [9.17, 15) is 4.79 Å². The number of fused-ring (bicyclic) bond motifs is 1. The summed E-state index contributed by atoms with van der Waals surface area (Å²) in [5, 5.41) is 12.5. The number of amides is 1. The van der Waals surface area contributed by atoms with Crippen molar-refractivity contribution < 1.29 is 4.79 Å². The molecular weight excluding hydrogens is 517 g/mol. The molecule has 3 aromatic carbocycles. The van der Waals surface area contributed by atoms with Gasteiger partial charge < -0.3 is 16.0 Å². The first kappa shape index (κ1) is 26.4. The summed E-state index contributed by atoms with van der Waals surface area (Å²) in [6.07, 6.45) is 5.32. The Balaban J connectivity index is 1.35. The zero-order valence-electron chi connectivity index (χ0n) is 21.1. The van der Waals surface area contributed by atoms with Gasteiger partial charge in [0.15, 0.2) is 0 Å². The number of halogens is 2. The maximum atomic E-state index is 12.9. The molecule has 2 heterocycles. The highest BCUT2D eigenvalue weighted by atomic mass is 35.5. The van der Waals surface area contributed by atoms with Crippen LogP contribution < -0.4 is 16.0 Å². The van der Waals surface area contributed by atoms with Crippen molar-refractivity contribution in [2.75, 3.05) is 30.3 Å². The van der Waals surface area contributed by atoms with E-state index in [2.05, 4.69) is 31.9 Å². The lowest BCUT2D eigenvalue weighted by Gasteiger charge is -2.25. The number of nitrogens with zero attached hydrogens (tertiary/aromatic N) is 2. The molecule has 1 amide bonds. The van der Waals surface area contributed by atoms with Crippen molar-refractivity contribution in [1.29, 1.82) is 0 Å². The van der Waals surface area contributed by atoms with E-state index in [1.807, 2.05) is 60.7 Å². The molecule has 0 saturated carbocycles. The van der Waals surface area contributed by atoms with Gasteiger partial charge in [-0.05, 0) is 91.7 Å². The number of rotatable bonds is 9. The summed E-state index contributed by atoms with van der Waals surface area (Å²) in [7, 11) is 0. The highest BCUT2D eigenvalue weighted by molar-refractivity contribution is 6.31. The van der Waals surface area contributed by atoms with Crippen molar-refractivity contribution in [1.82, 2.24) is 15.2 Å². The second-order valence-electron chi connectivity index (χ2n) is 9.68. The van der Waals surface area contributed by atoms with Crippen LogP contribution in [0.1, 0.15) is 30.4 Å². The summed E-state index contributed by atoms with van der Waals surface area (Å²) >= 11 is 12.2. The van der Waals surface area contributed by atoms with Crippen LogP contribution in [0.5, 0.6) is 0 Å². The molecule has 0 radical (unpaired) electrons. The first-order valence-electron chi connectivity index (χ1n) is 12.9. The maximum absolute atomic E-state index is 12.9. The number of likely N-dealkylation sites (tertiary alicyclic amines) is 1. The molecule has 0 atom stereocenters. The first-order valence-corrected chi connectivity index (χ1v) is 13.7. The fourth-order valence-corrected chi connectivity index (χ4v) is 5.09. The van der Waals surface area contributed by atoms with Crippen LogP contribution >= 0.6 is 23.2 Å². The minimum absolute atomic E-state index is 0.00752. The maximum Gasteiger partial charge on any atom is 0.238 e. The third-order valence-electron chi connectivity index (χ3n) is 6.65. The number of nitrogens with one attached hydrogen (secondary N) is 3. The topological polar surface area (TPSA) is 69.3 Å². The number of hydrogen-bond donors (Lipinski definition) is 3. The highest BCUT2D eigenvalue weighted by Crippen LogP contribution is 2.29. The lowest BCUT2D eigenvalue weighted by Crippen LogP contribution is -2.36. The van der Waals surface area contributed by atoms with Crippen molar-refractivity contribution in [3.63, 3.8) is 0 Å². The van der Waals surface area contributed by atoms with Gasteiger partial charge in [0, 0.05) is 51.8 Å². The second-order valence-corrected chi connectivity index (χ2v) is 10.6. The summed E-state index contributed by atoms with van der Waals surface area (Å²) in [4.78, 5) is 19.5. The number of anilines is 3. The molecule has 1 aromatic heterocycles. The Morgan fingerprint density at radius 3 is 2.37 bits per heavy atom. The lowest BCUT2D eigenvalue weighted by atomic mass is 10.1. The largest absolute Gasteiger partial charge is 0.355 e. The van der Waals surface area contributed by atoms with Crippen molar-refractivity contribution in [2.24, 2.45) is 0 Å². The highest BCUT2D eigenvalue weighted by Gasteiger charge is 2.15. The van der Waals surface area contributed by atoms with Crippen LogP contribution in [0.4, 0.5) is 17.1 Å². The quantitative estimate of drug-likeness (QED) is 0.210. The van der Waals surface area contributed by atoms with Gasteiger partial charge in [-0.2, -0.15) is 0 Å². The summed E-state index contributed by atoms with van der Waals surface area (Å²) in [5.74, 6) is 0.00752. The molecule has 1 aliphatic heterocycles. The number of aromatic nitrogens is 1. The number of piperidine rings is 1. The van der Waals surface area contributed by atoms with E-state index in [1.165, 1.54) is 6.42 Å². The van der Waals surface area contributed by atoms with Crippen LogP contribution in [0.3, 0.4) is 0 Å². The number of benzene rings is 3. The van der Waals surface area contributed by atoms with Crippen molar-refractivity contribution in [3.8, 4) is 0 Å². The van der Waals surface area contributed by atoms with Gasteiger partial charge in [0.1, 0.15) is 0 Å². The SMILES string of the molecule is O=C(CN1CCCCC1)Nc1cc(CNCc2ccc(Cl)cc2)cc(Nc2ccnc3cc(Cl)ccc23)c1. The van der Waals surface area contributed by atoms with E-state index in [1.54, 1.807) is 6.20 Å². The Bertz CT molecular complexity index is 1400. The Labute approximate surface area is 233 Å². The Hall–Kier alpha value is -3.16. The molecule has 1 fully saturated rings. The van der Waals surface area contributed by atoms with Gasteiger partial charge in [0.05, 0.1) is 12.1 Å². The molecule has 6 nitrogen and oxygen atoms in total. The molecule has 8 heteroatoms. The van der Waals surface area contributed by atoms with Gasteiger partial charge >= 0.3 is 0 Å². The predicted molar refractivity (Wildman–Crippen MR) is 157 cm³/mol. The Morgan fingerprint density at radius 2 is 1.55 bits per heavy atom. The molecule has 5 rings (SSSR count). The van der Waals surface area contributed by atoms with Crippen LogP contribution in [-0.4, -0.2) is 35.4 Å². The third kappa shape index (κ3) is 7.23. The van der Waals surface area contributed by atoms with Crippen molar-refractivity contribution >= 4 is 57.1 Å². The minimum atomic E-state index is 0.00752. The van der Waals surface area contributed by atoms with Crippen LogP contribution in [-0.2, 0) is 17.9 Å². The molecule has 38 heavy (non-hydrogen) atoms. The minimum Gasteiger partial charge on any atom is -0.355 e. The number of carbonyl (C=O) groups excluding carboxylic acids is 1.